The fraction of sp³-hybridized carbons (Fsp3) is 0.528. The lowest BCUT2D eigenvalue weighted by Gasteiger charge is -2.16. The molecule has 2 aromatic carbocycles. The summed E-state index contributed by atoms with van der Waals surface area (Å²) in [5, 5.41) is 9.76. The van der Waals surface area contributed by atoms with Crippen molar-refractivity contribution >= 4 is 5.97 Å². The number of carboxylic acids is 1. The highest BCUT2D eigenvalue weighted by Gasteiger charge is 2.18. The van der Waals surface area contributed by atoms with Gasteiger partial charge in [-0.15, -0.1) is 0 Å². The summed E-state index contributed by atoms with van der Waals surface area (Å²) in [6.45, 7) is 4.33. The van der Waals surface area contributed by atoms with Crippen molar-refractivity contribution in [3.8, 4) is 22.5 Å². The van der Waals surface area contributed by atoms with E-state index in [0.29, 0.717) is 11.4 Å². The Morgan fingerprint density at radius 1 is 0.850 bits per heavy atom. The molecule has 1 fully saturated rings. The van der Waals surface area contributed by atoms with Crippen LogP contribution in [0.4, 0.5) is 0 Å². The molecule has 4 heteroatoms. The number of carbonyl (C=O) groups is 1. The third-order valence-corrected chi connectivity index (χ3v) is 8.80. The van der Waals surface area contributed by atoms with Gasteiger partial charge in [-0.3, -0.25) is 0 Å². The summed E-state index contributed by atoms with van der Waals surface area (Å²) >= 11 is 0. The van der Waals surface area contributed by atoms with Gasteiger partial charge in [0.25, 0.3) is 0 Å². The molecule has 1 saturated carbocycles. The van der Waals surface area contributed by atoms with Gasteiger partial charge < -0.3 is 5.11 Å². The summed E-state index contributed by atoms with van der Waals surface area (Å²) in [4.78, 5) is 21.2. The standard InChI is InChI=1S/C36H48N2O2/c1-3-4-5-8-13-27(2)34-24-31(22-23-33(34)36(39)40)35-37-25-32(26-38-35)30-20-18-29(19-21-30)15-10-7-6-9-14-28-16-11-12-17-28/h18-28H,3-17H2,1-2H3,(H,39,40)/t27-/m0/s1. The van der Waals surface area contributed by atoms with E-state index in [4.69, 9.17) is 0 Å². The van der Waals surface area contributed by atoms with Crippen LogP contribution >= 0.6 is 0 Å². The van der Waals surface area contributed by atoms with Gasteiger partial charge in [0.05, 0.1) is 5.56 Å². The maximum atomic E-state index is 11.9. The van der Waals surface area contributed by atoms with Gasteiger partial charge in [-0.1, -0.05) is 121 Å². The first-order valence-electron chi connectivity index (χ1n) is 15.8. The Bertz CT molecular complexity index is 1180. The number of benzene rings is 2. The number of aromatic nitrogens is 2. The number of hydrogen-bond acceptors (Lipinski definition) is 3. The zero-order chi connectivity index (χ0) is 28.2. The Labute approximate surface area is 241 Å². The van der Waals surface area contributed by atoms with E-state index in [-0.39, 0.29) is 5.92 Å². The Morgan fingerprint density at radius 3 is 2.23 bits per heavy atom. The van der Waals surface area contributed by atoms with Crippen LogP contribution in [0.25, 0.3) is 22.5 Å². The molecule has 40 heavy (non-hydrogen) atoms. The molecule has 1 aliphatic rings. The van der Waals surface area contributed by atoms with Crippen LogP contribution < -0.4 is 0 Å². The Balaban J connectivity index is 1.32. The molecule has 0 saturated heterocycles. The number of nitrogens with zero attached hydrogens (tertiary/aromatic N) is 2. The third kappa shape index (κ3) is 8.74. The Hall–Kier alpha value is -3.01. The lowest BCUT2D eigenvalue weighted by atomic mass is 9.89. The van der Waals surface area contributed by atoms with Crippen LogP contribution in [0.3, 0.4) is 0 Å². The molecule has 1 aliphatic carbocycles. The van der Waals surface area contributed by atoms with Gasteiger partial charge in [0.1, 0.15) is 0 Å². The molecule has 0 amide bonds. The van der Waals surface area contributed by atoms with Gasteiger partial charge in [0.2, 0.25) is 0 Å². The molecule has 0 aliphatic heterocycles. The number of carboxylic acid groups (broad SMARTS) is 1. The highest BCUT2D eigenvalue weighted by molar-refractivity contribution is 5.90. The second-order valence-electron chi connectivity index (χ2n) is 12.0. The zero-order valence-corrected chi connectivity index (χ0v) is 24.7. The smallest absolute Gasteiger partial charge is 0.335 e. The molecule has 3 aromatic rings. The van der Waals surface area contributed by atoms with Crippen LogP contribution in [-0.4, -0.2) is 21.0 Å². The molecular weight excluding hydrogens is 492 g/mol. The van der Waals surface area contributed by atoms with E-state index < -0.39 is 5.97 Å². The summed E-state index contributed by atoms with van der Waals surface area (Å²) in [6, 6.07) is 14.3. The topological polar surface area (TPSA) is 63.1 Å². The first-order chi connectivity index (χ1) is 19.5. The number of unbranched alkanes of at least 4 members (excludes halogenated alkanes) is 6. The lowest BCUT2D eigenvalue weighted by Crippen LogP contribution is -2.06. The van der Waals surface area contributed by atoms with Crippen molar-refractivity contribution in [1.29, 1.82) is 0 Å². The van der Waals surface area contributed by atoms with Crippen LogP contribution in [0.1, 0.15) is 131 Å². The van der Waals surface area contributed by atoms with E-state index in [2.05, 4.69) is 48.1 Å². The minimum absolute atomic E-state index is 0.178. The van der Waals surface area contributed by atoms with Crippen molar-refractivity contribution in [3.63, 3.8) is 0 Å². The fourth-order valence-electron chi connectivity index (χ4n) is 6.24. The van der Waals surface area contributed by atoms with E-state index in [1.54, 1.807) is 6.07 Å². The molecule has 0 radical (unpaired) electrons. The van der Waals surface area contributed by atoms with Crippen LogP contribution in [0.5, 0.6) is 0 Å². The van der Waals surface area contributed by atoms with E-state index in [1.807, 2.05) is 24.5 Å². The maximum Gasteiger partial charge on any atom is 0.335 e. The van der Waals surface area contributed by atoms with Gasteiger partial charge in [-0.25, -0.2) is 14.8 Å². The average molecular weight is 541 g/mol. The minimum Gasteiger partial charge on any atom is -0.478 e. The minimum atomic E-state index is -0.874. The first kappa shape index (κ1) is 30.0. The molecule has 0 bridgehead atoms. The molecule has 0 unspecified atom stereocenters. The third-order valence-electron chi connectivity index (χ3n) is 8.80. The zero-order valence-electron chi connectivity index (χ0n) is 24.7. The summed E-state index contributed by atoms with van der Waals surface area (Å²) in [6.07, 6.45) is 23.3. The van der Waals surface area contributed by atoms with Crippen molar-refractivity contribution in [2.75, 3.05) is 0 Å². The number of aromatic carboxylic acids is 1. The summed E-state index contributed by atoms with van der Waals surface area (Å²) in [7, 11) is 0. The number of aryl methyl sites for hydroxylation is 1. The lowest BCUT2D eigenvalue weighted by molar-refractivity contribution is 0.0695. The normalized spacial score (nSPS) is 14.4. The molecule has 0 spiro atoms. The summed E-state index contributed by atoms with van der Waals surface area (Å²) in [5.41, 5.74) is 5.63. The van der Waals surface area contributed by atoms with E-state index >= 15 is 0 Å². The number of rotatable bonds is 16. The van der Waals surface area contributed by atoms with Crippen molar-refractivity contribution < 1.29 is 9.90 Å². The van der Waals surface area contributed by atoms with Gasteiger partial charge in [0.15, 0.2) is 5.82 Å². The first-order valence-corrected chi connectivity index (χ1v) is 15.8. The second kappa shape index (κ2) is 15.7. The SMILES string of the molecule is CCCCCC[C@H](C)c1cc(-c2ncc(-c3ccc(CCCCCCC4CCCC4)cc3)cn2)ccc1C(=O)O. The monoisotopic (exact) mass is 540 g/mol. The van der Waals surface area contributed by atoms with E-state index in [0.717, 1.165) is 47.4 Å². The molecule has 1 aromatic heterocycles. The average Bonchev–Trinajstić information content (AvgIpc) is 3.51. The van der Waals surface area contributed by atoms with Crippen molar-refractivity contribution in [2.24, 2.45) is 5.92 Å². The van der Waals surface area contributed by atoms with Crippen molar-refractivity contribution in [3.05, 3.63) is 71.5 Å². The quantitative estimate of drug-likeness (QED) is 0.184. The second-order valence-corrected chi connectivity index (χ2v) is 12.0. The molecule has 1 atom stereocenters. The molecule has 1 heterocycles. The van der Waals surface area contributed by atoms with Crippen molar-refractivity contribution in [1.82, 2.24) is 9.97 Å². The summed E-state index contributed by atoms with van der Waals surface area (Å²) in [5.74, 6) is 0.956. The summed E-state index contributed by atoms with van der Waals surface area (Å²) < 4.78 is 0. The van der Waals surface area contributed by atoms with Crippen LogP contribution in [0, 0.1) is 5.92 Å². The van der Waals surface area contributed by atoms with E-state index in [1.165, 1.54) is 82.6 Å². The highest BCUT2D eigenvalue weighted by atomic mass is 16.4. The molecule has 1 N–H and O–H groups in total. The highest BCUT2D eigenvalue weighted by Crippen LogP contribution is 2.31. The van der Waals surface area contributed by atoms with Crippen LogP contribution in [-0.2, 0) is 6.42 Å². The molecule has 4 nitrogen and oxygen atoms in total. The molecule has 4 rings (SSSR count). The van der Waals surface area contributed by atoms with Gasteiger partial charge >= 0.3 is 5.97 Å². The van der Waals surface area contributed by atoms with Crippen LogP contribution in [0.15, 0.2) is 54.9 Å². The van der Waals surface area contributed by atoms with Crippen LogP contribution in [0.2, 0.25) is 0 Å². The predicted octanol–water partition coefficient (Wildman–Crippen LogP) is 10.3. The molecule has 214 valence electrons. The van der Waals surface area contributed by atoms with Gasteiger partial charge in [0, 0.05) is 23.5 Å². The van der Waals surface area contributed by atoms with Crippen molar-refractivity contribution in [2.45, 2.75) is 116 Å². The van der Waals surface area contributed by atoms with E-state index in [9.17, 15) is 9.90 Å². The Kier molecular flexibility index (Phi) is 11.8. The van der Waals surface area contributed by atoms with Gasteiger partial charge in [-0.05, 0) is 59.9 Å². The van der Waals surface area contributed by atoms with Gasteiger partial charge in [-0.2, -0.15) is 0 Å². The largest absolute Gasteiger partial charge is 0.478 e. The predicted molar refractivity (Wildman–Crippen MR) is 166 cm³/mol. The maximum absolute atomic E-state index is 11.9. The number of hydrogen-bond donors (Lipinski definition) is 1. The fourth-order valence-corrected chi connectivity index (χ4v) is 6.24. The molecular formula is C36H48N2O2. The Morgan fingerprint density at radius 2 is 1.52 bits per heavy atom.